The maximum absolute atomic E-state index is 14.4. The van der Waals surface area contributed by atoms with Gasteiger partial charge in [0.15, 0.2) is 0 Å². The molecule has 2 amide bonds. The number of nitrogens with one attached hydrogen (secondary N) is 1. The third kappa shape index (κ3) is 8.67. The number of benzene rings is 4. The molecule has 1 N–H and O–H groups in total. The largest absolute Gasteiger partial charge is 0.354 e. The van der Waals surface area contributed by atoms with E-state index in [4.69, 9.17) is 11.6 Å². The first-order chi connectivity index (χ1) is 21.0. The molecular weight excluding hydrogens is 601 g/mol. The second-order valence-electron chi connectivity index (χ2n) is 10.8. The Morgan fingerprint density at radius 3 is 2.07 bits per heavy atom. The summed E-state index contributed by atoms with van der Waals surface area (Å²) >= 11 is 6.27. The molecule has 1 atom stereocenters. The van der Waals surface area contributed by atoms with Crippen LogP contribution in [0, 0.1) is 11.7 Å². The molecule has 0 radical (unpaired) electrons. The van der Waals surface area contributed by atoms with Crippen LogP contribution in [0.15, 0.2) is 114 Å². The predicted octanol–water partition coefficient (Wildman–Crippen LogP) is 6.09. The Balaban J connectivity index is 1.78. The fourth-order valence-electron chi connectivity index (χ4n) is 4.67. The average Bonchev–Trinajstić information content (AvgIpc) is 3.01. The third-order valence-electron chi connectivity index (χ3n) is 6.92. The van der Waals surface area contributed by atoms with Crippen molar-refractivity contribution in [3.8, 4) is 0 Å². The Bertz CT molecular complexity index is 1650. The lowest BCUT2D eigenvalue weighted by atomic mass is 10.0. The Morgan fingerprint density at radius 1 is 0.841 bits per heavy atom. The number of para-hydroxylation sites is 1. The van der Waals surface area contributed by atoms with E-state index in [0.717, 1.165) is 34.1 Å². The van der Waals surface area contributed by atoms with Gasteiger partial charge in [0, 0.05) is 24.5 Å². The number of carbonyl (C=O) groups is 2. The normalized spacial score (nSPS) is 12.0. The molecule has 0 saturated heterocycles. The fraction of sp³-hybridized carbons (Fsp3) is 0.235. The van der Waals surface area contributed by atoms with E-state index in [0.29, 0.717) is 17.1 Å². The number of anilines is 1. The van der Waals surface area contributed by atoms with Crippen LogP contribution in [0.3, 0.4) is 0 Å². The molecule has 0 aromatic heterocycles. The molecule has 0 heterocycles. The summed E-state index contributed by atoms with van der Waals surface area (Å²) in [4.78, 5) is 29.4. The van der Waals surface area contributed by atoms with Crippen molar-refractivity contribution in [2.75, 3.05) is 17.4 Å². The van der Waals surface area contributed by atoms with Gasteiger partial charge in [0.05, 0.1) is 10.6 Å². The number of carbonyl (C=O) groups excluding carboxylic acids is 2. The molecule has 0 bridgehead atoms. The lowest BCUT2D eigenvalue weighted by Crippen LogP contribution is -2.53. The van der Waals surface area contributed by atoms with Gasteiger partial charge in [-0.25, -0.2) is 12.8 Å². The van der Waals surface area contributed by atoms with Crippen molar-refractivity contribution in [3.63, 3.8) is 0 Å². The number of halogens is 2. The topological polar surface area (TPSA) is 86.8 Å². The Morgan fingerprint density at radius 2 is 1.45 bits per heavy atom. The number of hydrogen-bond acceptors (Lipinski definition) is 4. The highest BCUT2D eigenvalue weighted by molar-refractivity contribution is 7.92. The van der Waals surface area contributed by atoms with Crippen molar-refractivity contribution in [3.05, 3.63) is 131 Å². The van der Waals surface area contributed by atoms with Crippen LogP contribution in [0.25, 0.3) is 0 Å². The molecular formula is C34H35ClFN3O4S. The molecule has 7 nitrogen and oxygen atoms in total. The monoisotopic (exact) mass is 635 g/mol. The second-order valence-corrected chi connectivity index (χ2v) is 13.1. The van der Waals surface area contributed by atoms with Gasteiger partial charge in [-0.15, -0.1) is 0 Å². The lowest BCUT2D eigenvalue weighted by Gasteiger charge is -2.34. The van der Waals surface area contributed by atoms with Gasteiger partial charge in [-0.05, 0) is 65.6 Å². The smallest absolute Gasteiger partial charge is 0.264 e. The second kappa shape index (κ2) is 15.0. The maximum Gasteiger partial charge on any atom is 0.264 e. The first-order valence-corrected chi connectivity index (χ1v) is 16.1. The molecule has 0 aliphatic carbocycles. The highest BCUT2D eigenvalue weighted by Crippen LogP contribution is 2.25. The fourth-order valence-corrected chi connectivity index (χ4v) is 6.29. The minimum atomic E-state index is -4.31. The average molecular weight is 636 g/mol. The summed E-state index contributed by atoms with van der Waals surface area (Å²) in [5.74, 6) is -1.37. The summed E-state index contributed by atoms with van der Waals surface area (Å²) < 4.78 is 42.5. The van der Waals surface area contributed by atoms with E-state index in [-0.39, 0.29) is 35.4 Å². The zero-order chi connectivity index (χ0) is 31.7. The minimum absolute atomic E-state index is 0.00518. The molecule has 0 aliphatic heterocycles. The number of hydrogen-bond donors (Lipinski definition) is 1. The number of rotatable bonds is 13. The van der Waals surface area contributed by atoms with Crippen molar-refractivity contribution >= 4 is 39.1 Å². The van der Waals surface area contributed by atoms with Gasteiger partial charge >= 0.3 is 0 Å². The summed E-state index contributed by atoms with van der Waals surface area (Å²) in [6, 6.07) is 28.0. The molecule has 4 aromatic rings. The van der Waals surface area contributed by atoms with Crippen molar-refractivity contribution < 1.29 is 22.4 Å². The maximum atomic E-state index is 14.4. The van der Waals surface area contributed by atoms with Gasteiger partial charge in [-0.1, -0.05) is 86.1 Å². The van der Waals surface area contributed by atoms with Crippen LogP contribution in [0.4, 0.5) is 10.1 Å². The number of amides is 2. The van der Waals surface area contributed by atoms with Crippen LogP contribution in [0.1, 0.15) is 25.0 Å². The van der Waals surface area contributed by atoms with Crippen LogP contribution in [-0.4, -0.2) is 44.3 Å². The van der Waals surface area contributed by atoms with E-state index in [1.807, 2.05) is 44.2 Å². The van der Waals surface area contributed by atoms with Gasteiger partial charge < -0.3 is 10.2 Å². The summed E-state index contributed by atoms with van der Waals surface area (Å²) in [6.45, 7) is 3.75. The van der Waals surface area contributed by atoms with Crippen LogP contribution >= 0.6 is 11.6 Å². The molecule has 0 saturated carbocycles. The van der Waals surface area contributed by atoms with Gasteiger partial charge in [0.25, 0.3) is 10.0 Å². The van der Waals surface area contributed by atoms with E-state index in [1.54, 1.807) is 54.6 Å². The van der Waals surface area contributed by atoms with Crippen molar-refractivity contribution in [2.45, 2.75) is 37.8 Å². The van der Waals surface area contributed by atoms with E-state index < -0.39 is 34.3 Å². The highest BCUT2D eigenvalue weighted by Gasteiger charge is 2.34. The Labute approximate surface area is 263 Å². The quantitative estimate of drug-likeness (QED) is 0.193. The predicted molar refractivity (Wildman–Crippen MR) is 171 cm³/mol. The molecule has 0 fully saturated rings. The van der Waals surface area contributed by atoms with Gasteiger partial charge in [-0.2, -0.15) is 0 Å². The van der Waals surface area contributed by atoms with Crippen molar-refractivity contribution in [2.24, 2.45) is 5.92 Å². The zero-order valence-corrected chi connectivity index (χ0v) is 26.1. The van der Waals surface area contributed by atoms with Gasteiger partial charge in [-0.3, -0.25) is 13.9 Å². The molecule has 0 spiro atoms. The van der Waals surface area contributed by atoms with Gasteiger partial charge in [0.1, 0.15) is 18.4 Å². The molecule has 0 unspecified atom stereocenters. The summed E-state index contributed by atoms with van der Waals surface area (Å²) in [7, 11) is -4.31. The van der Waals surface area contributed by atoms with E-state index in [9.17, 15) is 22.4 Å². The number of nitrogens with zero attached hydrogens (tertiary/aromatic N) is 2. The van der Waals surface area contributed by atoms with Gasteiger partial charge in [0.2, 0.25) is 11.8 Å². The Kier molecular flexibility index (Phi) is 11.1. The Hall–Kier alpha value is -4.21. The van der Waals surface area contributed by atoms with E-state index in [1.165, 1.54) is 4.90 Å². The molecule has 4 rings (SSSR count). The summed E-state index contributed by atoms with van der Waals surface area (Å²) in [5, 5.41) is 3.42. The lowest BCUT2D eigenvalue weighted by molar-refractivity contribution is -0.140. The molecule has 0 aliphatic rings. The highest BCUT2D eigenvalue weighted by atomic mass is 35.5. The van der Waals surface area contributed by atoms with Crippen LogP contribution in [0.5, 0.6) is 0 Å². The van der Waals surface area contributed by atoms with E-state index >= 15 is 0 Å². The molecule has 44 heavy (non-hydrogen) atoms. The SMILES string of the molecule is CC(C)CNC(=O)[C@@H](Cc1ccccc1)N(Cc1cccc(Cl)c1)C(=O)CN(c1ccccc1)S(=O)(=O)c1ccc(F)cc1. The molecule has 10 heteroatoms. The standard InChI is InChI=1S/C34H35ClFN3O4S/c1-25(2)22-37-34(41)32(21-26-10-5-3-6-11-26)38(23-27-12-9-13-28(35)20-27)33(40)24-39(30-14-7-4-8-15-30)44(42,43)31-18-16-29(36)17-19-31/h3-20,25,32H,21-24H2,1-2H3,(H,37,41)/t32-/m1/s1. The first-order valence-electron chi connectivity index (χ1n) is 14.2. The molecule has 4 aromatic carbocycles. The van der Waals surface area contributed by atoms with Crippen LogP contribution in [0.2, 0.25) is 5.02 Å². The van der Waals surface area contributed by atoms with Crippen LogP contribution < -0.4 is 9.62 Å². The first kappa shape index (κ1) is 32.7. The molecule has 230 valence electrons. The van der Waals surface area contributed by atoms with Crippen molar-refractivity contribution in [1.29, 1.82) is 0 Å². The summed E-state index contributed by atoms with van der Waals surface area (Å²) in [6.07, 6.45) is 0.202. The van der Waals surface area contributed by atoms with E-state index in [2.05, 4.69) is 5.32 Å². The van der Waals surface area contributed by atoms with Crippen LogP contribution in [-0.2, 0) is 32.6 Å². The minimum Gasteiger partial charge on any atom is -0.354 e. The number of sulfonamides is 1. The zero-order valence-electron chi connectivity index (χ0n) is 24.6. The third-order valence-corrected chi connectivity index (χ3v) is 8.95. The summed E-state index contributed by atoms with van der Waals surface area (Å²) in [5.41, 5.74) is 1.75. The van der Waals surface area contributed by atoms with Crippen molar-refractivity contribution in [1.82, 2.24) is 10.2 Å².